The van der Waals surface area contributed by atoms with Crippen molar-refractivity contribution in [2.24, 2.45) is 0 Å². The number of likely N-dealkylation sites (tertiary alicyclic amines) is 1. The third kappa shape index (κ3) is 7.38. The van der Waals surface area contributed by atoms with Crippen molar-refractivity contribution in [2.45, 2.75) is 37.3 Å². The summed E-state index contributed by atoms with van der Waals surface area (Å²) in [5.74, 6) is -4.45. The highest BCUT2D eigenvalue weighted by molar-refractivity contribution is 5.76. The maximum Gasteiger partial charge on any atom is 0.490 e. The van der Waals surface area contributed by atoms with Gasteiger partial charge in [0.25, 0.3) is 0 Å². The summed E-state index contributed by atoms with van der Waals surface area (Å²) in [6.07, 6.45) is -3.53. The van der Waals surface area contributed by atoms with Crippen LogP contribution in [-0.2, 0) is 25.6 Å². The fourth-order valence-corrected chi connectivity index (χ4v) is 3.44. The summed E-state index contributed by atoms with van der Waals surface area (Å²) in [5.41, 5.74) is 0.497. The van der Waals surface area contributed by atoms with Crippen LogP contribution in [0.4, 0.5) is 22.0 Å². The molecule has 0 aliphatic carbocycles. The van der Waals surface area contributed by atoms with Gasteiger partial charge in [-0.15, -0.1) is 0 Å². The molecule has 0 radical (unpaired) electrons. The average molecular weight is 468 g/mol. The quantitative estimate of drug-likeness (QED) is 0.669. The second-order valence-corrected chi connectivity index (χ2v) is 7.94. The number of carboxylic acids is 1. The molecule has 32 heavy (non-hydrogen) atoms. The number of carboxylic acid groups (broad SMARTS) is 1. The molecular weight excluding hydrogens is 443 g/mol. The molecule has 2 fully saturated rings. The first-order valence-electron chi connectivity index (χ1n) is 9.73. The number of halogens is 5. The van der Waals surface area contributed by atoms with Crippen molar-refractivity contribution >= 4 is 11.9 Å². The van der Waals surface area contributed by atoms with Crippen LogP contribution in [0.1, 0.15) is 18.4 Å². The lowest BCUT2D eigenvalue weighted by Crippen LogP contribution is -2.65. The van der Waals surface area contributed by atoms with Crippen LogP contribution >= 0.6 is 0 Å². The standard InChI is InChI=1S/C18H24F2N2O3.C2HF3O2/c1-21(2)17(23)10-24-14-5-6-25-18(8-14)11-22(12-18)9-13-3-4-15(19)16(20)7-13;3-2(4,5)1(6)7/h3-4,7,14H,5-6,8-12H2,1-2H3;(H,6,7). The van der Waals surface area contributed by atoms with Gasteiger partial charge in [0.05, 0.1) is 11.7 Å². The van der Waals surface area contributed by atoms with Gasteiger partial charge in [-0.25, -0.2) is 13.6 Å². The second kappa shape index (κ2) is 10.5. The summed E-state index contributed by atoms with van der Waals surface area (Å²) in [5, 5.41) is 7.12. The molecule has 2 aliphatic heterocycles. The van der Waals surface area contributed by atoms with E-state index in [0.29, 0.717) is 13.2 Å². The molecule has 0 aromatic heterocycles. The smallest absolute Gasteiger partial charge is 0.475 e. The third-order valence-corrected chi connectivity index (χ3v) is 5.05. The molecule has 2 heterocycles. The highest BCUT2D eigenvalue weighted by atomic mass is 19.4. The van der Waals surface area contributed by atoms with Crippen molar-refractivity contribution in [1.29, 1.82) is 0 Å². The molecule has 3 rings (SSSR count). The number of carbonyl (C=O) groups excluding carboxylic acids is 1. The monoisotopic (exact) mass is 468 g/mol. The average Bonchev–Trinajstić information content (AvgIpc) is 2.67. The number of hydrogen-bond acceptors (Lipinski definition) is 5. The van der Waals surface area contributed by atoms with E-state index < -0.39 is 23.8 Å². The molecule has 7 nitrogen and oxygen atoms in total. The van der Waals surface area contributed by atoms with Gasteiger partial charge in [0.1, 0.15) is 6.61 Å². The Hall–Kier alpha value is -2.31. The van der Waals surface area contributed by atoms with Crippen LogP contribution in [0.3, 0.4) is 0 Å². The van der Waals surface area contributed by atoms with Gasteiger partial charge in [-0.1, -0.05) is 6.07 Å². The fraction of sp³-hybridized carbons (Fsp3) is 0.600. The number of amides is 1. The number of hydrogen-bond donors (Lipinski definition) is 1. The summed E-state index contributed by atoms with van der Waals surface area (Å²) in [6.45, 7) is 2.72. The van der Waals surface area contributed by atoms with Crippen molar-refractivity contribution < 1.29 is 46.1 Å². The maximum absolute atomic E-state index is 13.3. The molecule has 1 atom stereocenters. The minimum absolute atomic E-state index is 0.0167. The Kier molecular flexibility index (Phi) is 8.54. The zero-order chi connectivity index (χ0) is 24.1. The zero-order valence-electron chi connectivity index (χ0n) is 17.6. The van der Waals surface area contributed by atoms with E-state index >= 15 is 0 Å². The van der Waals surface area contributed by atoms with Crippen molar-refractivity contribution in [2.75, 3.05) is 40.4 Å². The summed E-state index contributed by atoms with van der Waals surface area (Å²) in [7, 11) is 3.42. The highest BCUT2D eigenvalue weighted by Gasteiger charge is 2.47. The van der Waals surface area contributed by atoms with Crippen molar-refractivity contribution in [3.05, 3.63) is 35.4 Å². The predicted octanol–water partition coefficient (Wildman–Crippen LogP) is 2.44. The van der Waals surface area contributed by atoms with Crippen LogP contribution in [0.25, 0.3) is 0 Å². The Morgan fingerprint density at radius 2 is 1.88 bits per heavy atom. The van der Waals surface area contributed by atoms with E-state index in [4.69, 9.17) is 19.4 Å². The Morgan fingerprint density at radius 1 is 1.25 bits per heavy atom. The minimum Gasteiger partial charge on any atom is -0.475 e. The number of carbonyl (C=O) groups is 2. The van der Waals surface area contributed by atoms with E-state index in [1.54, 1.807) is 20.2 Å². The molecule has 1 aromatic carbocycles. The van der Waals surface area contributed by atoms with Crippen LogP contribution in [-0.4, -0.2) is 85.1 Å². The number of benzene rings is 1. The van der Waals surface area contributed by atoms with E-state index in [-0.39, 0.29) is 24.2 Å². The van der Waals surface area contributed by atoms with Gasteiger partial charge in [0, 0.05) is 46.8 Å². The molecule has 1 unspecified atom stereocenters. The Balaban J connectivity index is 0.000000451. The lowest BCUT2D eigenvalue weighted by Gasteiger charge is -2.53. The number of aliphatic carboxylic acids is 1. The lowest BCUT2D eigenvalue weighted by atomic mass is 9.84. The molecular formula is C20H25F5N2O5. The number of alkyl halides is 3. The van der Waals surface area contributed by atoms with E-state index in [1.165, 1.54) is 11.0 Å². The molecule has 1 N–H and O–H groups in total. The summed E-state index contributed by atoms with van der Waals surface area (Å²) in [6, 6.07) is 3.99. The summed E-state index contributed by atoms with van der Waals surface area (Å²) in [4.78, 5) is 24.2. The zero-order valence-corrected chi connectivity index (χ0v) is 17.6. The lowest BCUT2D eigenvalue weighted by molar-refractivity contribution is -0.200. The first-order valence-corrected chi connectivity index (χ1v) is 9.73. The molecule has 0 bridgehead atoms. The van der Waals surface area contributed by atoms with E-state index in [0.717, 1.165) is 37.6 Å². The number of nitrogens with zero attached hydrogens (tertiary/aromatic N) is 2. The summed E-state index contributed by atoms with van der Waals surface area (Å²) >= 11 is 0. The van der Waals surface area contributed by atoms with Crippen molar-refractivity contribution in [3.63, 3.8) is 0 Å². The number of likely N-dealkylation sites (N-methyl/N-ethyl adjacent to an activating group) is 1. The van der Waals surface area contributed by atoms with E-state index in [1.807, 2.05) is 0 Å². The Bertz CT molecular complexity index is 812. The largest absolute Gasteiger partial charge is 0.490 e. The van der Waals surface area contributed by atoms with E-state index in [9.17, 15) is 26.7 Å². The van der Waals surface area contributed by atoms with Crippen LogP contribution in [0, 0.1) is 11.6 Å². The molecule has 1 spiro atoms. The first kappa shape index (κ1) is 25.9. The number of ether oxygens (including phenoxy) is 2. The van der Waals surface area contributed by atoms with Gasteiger partial charge in [0.2, 0.25) is 5.91 Å². The van der Waals surface area contributed by atoms with Gasteiger partial charge in [-0.2, -0.15) is 13.2 Å². The van der Waals surface area contributed by atoms with E-state index in [2.05, 4.69) is 4.90 Å². The normalized spacial score (nSPS) is 20.2. The van der Waals surface area contributed by atoms with Crippen LogP contribution in [0.15, 0.2) is 18.2 Å². The first-order chi connectivity index (χ1) is 14.8. The van der Waals surface area contributed by atoms with Crippen molar-refractivity contribution in [1.82, 2.24) is 9.80 Å². The molecule has 0 saturated carbocycles. The Morgan fingerprint density at radius 3 is 2.41 bits per heavy atom. The fourth-order valence-electron chi connectivity index (χ4n) is 3.44. The molecule has 12 heteroatoms. The molecule has 180 valence electrons. The number of rotatable bonds is 5. The Labute approximate surface area is 181 Å². The summed E-state index contributed by atoms with van der Waals surface area (Å²) < 4.78 is 69.7. The SMILES string of the molecule is CN(C)C(=O)COC1CCOC2(C1)CN(Cc1ccc(F)c(F)c1)C2.O=C(O)C(F)(F)F. The van der Waals surface area contributed by atoms with Gasteiger partial charge in [-0.3, -0.25) is 9.69 Å². The molecule has 1 amide bonds. The van der Waals surface area contributed by atoms with Crippen LogP contribution in [0.2, 0.25) is 0 Å². The van der Waals surface area contributed by atoms with Gasteiger partial charge >= 0.3 is 12.1 Å². The van der Waals surface area contributed by atoms with Gasteiger partial charge in [-0.05, 0) is 24.1 Å². The maximum atomic E-state index is 13.3. The van der Waals surface area contributed by atoms with Crippen LogP contribution < -0.4 is 0 Å². The molecule has 2 saturated heterocycles. The molecule has 2 aliphatic rings. The highest BCUT2D eigenvalue weighted by Crippen LogP contribution is 2.36. The second-order valence-electron chi connectivity index (χ2n) is 7.94. The topological polar surface area (TPSA) is 79.3 Å². The minimum atomic E-state index is -5.08. The van der Waals surface area contributed by atoms with Gasteiger partial charge < -0.3 is 19.5 Å². The third-order valence-electron chi connectivity index (χ3n) is 5.05. The predicted molar refractivity (Wildman–Crippen MR) is 102 cm³/mol. The van der Waals surface area contributed by atoms with Gasteiger partial charge in [0.15, 0.2) is 11.6 Å². The van der Waals surface area contributed by atoms with Crippen LogP contribution in [0.5, 0.6) is 0 Å². The van der Waals surface area contributed by atoms with Crippen molar-refractivity contribution in [3.8, 4) is 0 Å². The molecule has 1 aromatic rings.